The predicted molar refractivity (Wildman–Crippen MR) is 55.2 cm³/mol. The first-order valence-corrected chi connectivity index (χ1v) is 4.80. The first kappa shape index (κ1) is 17.2. The third kappa shape index (κ3) is 3.61. The van der Waals surface area contributed by atoms with Crippen molar-refractivity contribution in [1.82, 2.24) is 0 Å². The topological polar surface area (TPSA) is 67.8 Å². The molecule has 0 saturated carbocycles. The van der Waals surface area contributed by atoms with E-state index in [2.05, 4.69) is 12.9 Å². The van der Waals surface area contributed by atoms with E-state index < -0.39 is 11.5 Å². The number of carboxylic acid groups (broad SMARTS) is 1. The summed E-state index contributed by atoms with van der Waals surface area (Å²) in [6.07, 6.45) is 0. The van der Waals surface area contributed by atoms with E-state index in [1.54, 1.807) is 0 Å². The minimum Gasteiger partial charge on any atom is -0.545 e. The Morgan fingerprint density at radius 1 is 1.12 bits per heavy atom. The van der Waals surface area contributed by atoms with Crippen LogP contribution in [0.4, 0.5) is 0 Å². The summed E-state index contributed by atoms with van der Waals surface area (Å²) < 4.78 is 12.9. The Morgan fingerprint density at radius 2 is 1.65 bits per heavy atom. The summed E-state index contributed by atoms with van der Waals surface area (Å²) in [6, 6.07) is 0.946. The minimum absolute atomic E-state index is 0. The molecule has 0 unspecified atom stereocenters. The van der Waals surface area contributed by atoms with Crippen molar-refractivity contribution in [3.05, 3.63) is 16.7 Å². The van der Waals surface area contributed by atoms with Crippen LogP contribution >= 0.6 is 47.2 Å². The number of hydrogen-bond acceptors (Lipinski definition) is 5. The van der Waals surface area contributed by atoms with Crippen LogP contribution < -0.4 is 47.5 Å². The molecule has 10 heteroatoms. The zero-order chi connectivity index (χ0) is 12.3. The van der Waals surface area contributed by atoms with Crippen molar-refractivity contribution in [3.63, 3.8) is 0 Å². The SMILES string of the molecule is O=C([O-])c1cc(OCl)c(OCl)c(OCl)c1Cl.[Na+]. The molecule has 0 radical (unpaired) electrons. The molecule has 1 aromatic rings. The fourth-order valence-electron chi connectivity index (χ4n) is 0.942. The first-order chi connectivity index (χ1) is 7.56. The number of halogens is 4. The van der Waals surface area contributed by atoms with E-state index in [-0.39, 0.29) is 51.8 Å². The predicted octanol–water partition coefficient (Wildman–Crippen LogP) is -0.695. The maximum atomic E-state index is 10.7. The quantitative estimate of drug-likeness (QED) is 0.684. The van der Waals surface area contributed by atoms with Gasteiger partial charge in [0.25, 0.3) is 0 Å². The molecule has 0 N–H and O–H groups in total. The van der Waals surface area contributed by atoms with Gasteiger partial charge in [0.05, 0.1) is 11.0 Å². The van der Waals surface area contributed by atoms with Crippen molar-refractivity contribution in [3.8, 4) is 17.2 Å². The molecule has 0 aromatic heterocycles. The Morgan fingerprint density at radius 3 is 2.00 bits per heavy atom. The molecule has 0 aliphatic carbocycles. The third-order valence-electron chi connectivity index (χ3n) is 1.60. The van der Waals surface area contributed by atoms with Crippen LogP contribution in [0.3, 0.4) is 0 Å². The number of aromatic carboxylic acids is 1. The zero-order valence-electron chi connectivity index (χ0n) is 8.13. The van der Waals surface area contributed by atoms with Crippen molar-refractivity contribution in [2.45, 2.75) is 0 Å². The standard InChI is InChI=1S/C7H2Cl4O5.Na/c8-4-2(7(12)13)1-3(14-9)5(15-10)6(4)16-11;/h1H,(H,12,13);/q;+1/p-1. The van der Waals surface area contributed by atoms with E-state index in [1.165, 1.54) is 0 Å². The van der Waals surface area contributed by atoms with Crippen molar-refractivity contribution in [2.24, 2.45) is 0 Å². The minimum atomic E-state index is -1.57. The number of hydrogen-bond donors (Lipinski definition) is 0. The summed E-state index contributed by atoms with van der Waals surface area (Å²) in [6.45, 7) is 0. The Balaban J connectivity index is 0.00000256. The molecule has 17 heavy (non-hydrogen) atoms. The molecule has 0 atom stereocenters. The summed E-state index contributed by atoms with van der Waals surface area (Å²) >= 11 is 20.9. The van der Waals surface area contributed by atoms with E-state index in [0.717, 1.165) is 6.07 Å². The van der Waals surface area contributed by atoms with E-state index >= 15 is 0 Å². The fourth-order valence-corrected chi connectivity index (χ4v) is 1.65. The average Bonchev–Trinajstić information content (AvgIpc) is 2.27. The number of carbonyl (C=O) groups excluding carboxylic acids is 1. The van der Waals surface area contributed by atoms with Gasteiger partial charge in [0, 0.05) is 5.56 Å². The van der Waals surface area contributed by atoms with Gasteiger partial charge in [-0.25, -0.2) is 0 Å². The first-order valence-electron chi connectivity index (χ1n) is 3.50. The van der Waals surface area contributed by atoms with Gasteiger partial charge in [-0.3, -0.25) is 0 Å². The molecule has 88 valence electrons. The monoisotopic (exact) mass is 328 g/mol. The maximum absolute atomic E-state index is 10.7. The molecular formula is C7HCl4NaO5. The summed E-state index contributed by atoms with van der Waals surface area (Å²) in [5.41, 5.74) is -0.439. The van der Waals surface area contributed by atoms with Gasteiger partial charge in [-0.05, 0) is 6.07 Å². The van der Waals surface area contributed by atoms with Gasteiger partial charge in [0.15, 0.2) is 5.75 Å². The Hall–Kier alpha value is 0.250. The number of rotatable bonds is 4. The summed E-state index contributed by atoms with van der Waals surface area (Å²) in [7, 11) is 0. The molecule has 0 fully saturated rings. The summed E-state index contributed by atoms with van der Waals surface area (Å²) in [4.78, 5) is 10.7. The normalized spacial score (nSPS) is 9.18. The van der Waals surface area contributed by atoms with Gasteiger partial charge in [0.1, 0.15) is 35.6 Å². The van der Waals surface area contributed by atoms with Crippen LogP contribution in [0.1, 0.15) is 10.4 Å². The van der Waals surface area contributed by atoms with E-state index in [1.807, 2.05) is 0 Å². The second-order valence-electron chi connectivity index (χ2n) is 2.41. The molecule has 0 aliphatic heterocycles. The Kier molecular flexibility index (Phi) is 7.75. The Bertz CT molecular complexity index is 427. The van der Waals surface area contributed by atoms with Gasteiger partial charge in [-0.15, -0.1) is 0 Å². The number of benzene rings is 1. The molecule has 0 amide bonds. The van der Waals surface area contributed by atoms with Gasteiger partial charge < -0.3 is 22.8 Å². The molecular weight excluding hydrogens is 329 g/mol. The molecule has 1 rings (SSSR count). The van der Waals surface area contributed by atoms with Gasteiger partial charge in [0.2, 0.25) is 11.5 Å². The largest absolute Gasteiger partial charge is 1.00 e. The molecule has 0 spiro atoms. The van der Waals surface area contributed by atoms with Crippen LogP contribution in [0.25, 0.3) is 0 Å². The number of carboxylic acids is 1. The molecule has 0 bridgehead atoms. The van der Waals surface area contributed by atoms with Crippen molar-refractivity contribution in [2.75, 3.05) is 0 Å². The van der Waals surface area contributed by atoms with Gasteiger partial charge in [-0.2, -0.15) is 0 Å². The maximum Gasteiger partial charge on any atom is 1.00 e. The Labute approximate surface area is 138 Å². The average molecular weight is 330 g/mol. The van der Waals surface area contributed by atoms with E-state index in [0.29, 0.717) is 0 Å². The zero-order valence-corrected chi connectivity index (χ0v) is 13.2. The molecule has 0 heterocycles. The van der Waals surface area contributed by atoms with E-state index in [4.69, 9.17) is 47.2 Å². The molecule has 5 nitrogen and oxygen atoms in total. The fraction of sp³-hybridized carbons (Fsp3) is 0. The van der Waals surface area contributed by atoms with Crippen molar-refractivity contribution < 1.29 is 52.3 Å². The summed E-state index contributed by atoms with van der Waals surface area (Å²) in [5.74, 6) is -2.43. The van der Waals surface area contributed by atoms with Gasteiger partial charge in [-0.1, -0.05) is 11.6 Å². The van der Waals surface area contributed by atoms with Crippen LogP contribution in [0, 0.1) is 0 Å². The molecule has 0 aliphatic rings. The van der Waals surface area contributed by atoms with E-state index in [9.17, 15) is 9.90 Å². The second-order valence-corrected chi connectivity index (χ2v) is 3.25. The second kappa shape index (κ2) is 7.63. The smallest absolute Gasteiger partial charge is 0.545 e. The van der Waals surface area contributed by atoms with Crippen LogP contribution in [-0.2, 0) is 0 Å². The van der Waals surface area contributed by atoms with Crippen LogP contribution in [-0.4, -0.2) is 5.97 Å². The third-order valence-corrected chi connectivity index (χ3v) is 2.45. The van der Waals surface area contributed by atoms with Crippen LogP contribution in [0.15, 0.2) is 6.07 Å². The van der Waals surface area contributed by atoms with Gasteiger partial charge >= 0.3 is 29.6 Å². The van der Waals surface area contributed by atoms with Crippen LogP contribution in [0.5, 0.6) is 17.2 Å². The van der Waals surface area contributed by atoms with Crippen LogP contribution in [0.2, 0.25) is 5.02 Å². The summed E-state index contributed by atoms with van der Waals surface area (Å²) in [5, 5.41) is 10.3. The molecule has 1 aromatic carbocycles. The van der Waals surface area contributed by atoms with Crippen molar-refractivity contribution >= 4 is 53.2 Å². The molecule has 0 saturated heterocycles. The number of carbonyl (C=O) groups is 1. The van der Waals surface area contributed by atoms with Crippen molar-refractivity contribution in [1.29, 1.82) is 0 Å².